The molecule has 1 fully saturated rings. The molecule has 1 aliphatic rings. The van der Waals surface area contributed by atoms with Crippen LogP contribution in [0.5, 0.6) is 0 Å². The van der Waals surface area contributed by atoms with Crippen molar-refractivity contribution in [1.29, 1.82) is 0 Å². The van der Waals surface area contributed by atoms with Gasteiger partial charge in [-0.3, -0.25) is 0 Å². The zero-order valence-corrected chi connectivity index (χ0v) is 10.8. The zero-order valence-electron chi connectivity index (χ0n) is 10.8. The summed E-state index contributed by atoms with van der Waals surface area (Å²) in [6.07, 6.45) is 6.85. The van der Waals surface area contributed by atoms with Crippen LogP contribution in [0, 0.1) is 11.8 Å². The molecule has 0 N–H and O–H groups in total. The molecule has 3 atom stereocenters. The lowest BCUT2D eigenvalue weighted by Gasteiger charge is -2.41. The van der Waals surface area contributed by atoms with Crippen LogP contribution in [0.15, 0.2) is 12.7 Å². The second kappa shape index (κ2) is 5.51. The van der Waals surface area contributed by atoms with Crippen LogP contribution in [0.1, 0.15) is 52.9 Å². The Morgan fingerprint density at radius 2 is 2.06 bits per heavy atom. The minimum Gasteiger partial charge on any atom is -0.456 e. The third kappa shape index (κ3) is 3.10. The average molecular weight is 224 g/mol. The summed E-state index contributed by atoms with van der Waals surface area (Å²) < 4.78 is 5.50. The molecule has 0 bridgehead atoms. The van der Waals surface area contributed by atoms with Gasteiger partial charge in [0, 0.05) is 6.08 Å². The summed E-state index contributed by atoms with van der Waals surface area (Å²) in [5.41, 5.74) is -0.266. The Labute approximate surface area is 99.1 Å². The number of hydrogen-bond donors (Lipinski definition) is 0. The summed E-state index contributed by atoms with van der Waals surface area (Å²) in [5, 5.41) is 0. The largest absolute Gasteiger partial charge is 0.456 e. The van der Waals surface area contributed by atoms with Crippen LogP contribution in [0.2, 0.25) is 0 Å². The summed E-state index contributed by atoms with van der Waals surface area (Å²) in [6, 6.07) is 0. The molecule has 16 heavy (non-hydrogen) atoms. The normalized spacial score (nSPS) is 34.4. The van der Waals surface area contributed by atoms with Gasteiger partial charge in [-0.05, 0) is 38.0 Å². The molecular formula is C14H24O2. The number of carbonyl (C=O) groups is 1. The molecule has 92 valence electrons. The molecule has 0 aromatic heterocycles. The first-order chi connectivity index (χ1) is 7.54. The van der Waals surface area contributed by atoms with Crippen molar-refractivity contribution in [1.82, 2.24) is 0 Å². The van der Waals surface area contributed by atoms with Gasteiger partial charge in [-0.15, -0.1) is 0 Å². The first kappa shape index (κ1) is 13.3. The van der Waals surface area contributed by atoms with Crippen LogP contribution in [-0.4, -0.2) is 11.6 Å². The van der Waals surface area contributed by atoms with E-state index in [0.29, 0.717) is 5.92 Å². The molecule has 3 unspecified atom stereocenters. The highest BCUT2D eigenvalue weighted by molar-refractivity contribution is 5.81. The lowest BCUT2D eigenvalue weighted by Crippen LogP contribution is -2.40. The van der Waals surface area contributed by atoms with E-state index in [1.807, 2.05) is 0 Å². The van der Waals surface area contributed by atoms with E-state index in [-0.39, 0.29) is 11.6 Å². The average Bonchev–Trinajstić information content (AvgIpc) is 2.28. The van der Waals surface area contributed by atoms with Crippen LogP contribution in [0.4, 0.5) is 0 Å². The quantitative estimate of drug-likeness (QED) is 0.537. The molecule has 2 nitrogen and oxygen atoms in total. The molecule has 0 amide bonds. The number of rotatable bonds is 4. The summed E-state index contributed by atoms with van der Waals surface area (Å²) in [6.45, 7) is 10.00. The van der Waals surface area contributed by atoms with Gasteiger partial charge in [0.25, 0.3) is 0 Å². The molecule has 0 aromatic rings. The van der Waals surface area contributed by atoms with Crippen molar-refractivity contribution < 1.29 is 9.53 Å². The van der Waals surface area contributed by atoms with E-state index in [0.717, 1.165) is 18.8 Å². The predicted molar refractivity (Wildman–Crippen MR) is 66.1 cm³/mol. The Morgan fingerprint density at radius 3 is 2.56 bits per heavy atom. The third-order valence-electron chi connectivity index (χ3n) is 3.97. The van der Waals surface area contributed by atoms with Gasteiger partial charge in [0.1, 0.15) is 5.60 Å². The van der Waals surface area contributed by atoms with Crippen LogP contribution in [0.25, 0.3) is 0 Å². The molecule has 1 rings (SSSR count). The smallest absolute Gasteiger partial charge is 0.330 e. The Kier molecular flexibility index (Phi) is 4.57. The molecular weight excluding hydrogens is 200 g/mol. The third-order valence-corrected chi connectivity index (χ3v) is 3.97. The maximum absolute atomic E-state index is 11.3. The summed E-state index contributed by atoms with van der Waals surface area (Å²) in [5.74, 6) is 1.22. The maximum Gasteiger partial charge on any atom is 0.330 e. The van der Waals surface area contributed by atoms with Crippen molar-refractivity contribution in [2.24, 2.45) is 11.8 Å². The van der Waals surface area contributed by atoms with E-state index < -0.39 is 0 Å². The fourth-order valence-electron chi connectivity index (χ4n) is 2.94. The van der Waals surface area contributed by atoms with Crippen LogP contribution in [0.3, 0.4) is 0 Å². The van der Waals surface area contributed by atoms with Gasteiger partial charge in [0.2, 0.25) is 0 Å². The molecule has 2 heteroatoms. The van der Waals surface area contributed by atoms with E-state index >= 15 is 0 Å². The topological polar surface area (TPSA) is 26.3 Å². The van der Waals surface area contributed by atoms with E-state index in [1.54, 1.807) is 0 Å². The minimum absolute atomic E-state index is 0.266. The van der Waals surface area contributed by atoms with Crippen molar-refractivity contribution in [3.05, 3.63) is 12.7 Å². The highest BCUT2D eigenvalue weighted by atomic mass is 16.6. The fraction of sp³-hybridized carbons (Fsp3) is 0.786. The first-order valence-electron chi connectivity index (χ1n) is 6.40. The van der Waals surface area contributed by atoms with Gasteiger partial charge in [0.05, 0.1) is 0 Å². The Balaban J connectivity index is 2.64. The van der Waals surface area contributed by atoms with Crippen molar-refractivity contribution in [3.8, 4) is 0 Å². The summed E-state index contributed by atoms with van der Waals surface area (Å²) in [4.78, 5) is 11.3. The number of hydrogen-bond acceptors (Lipinski definition) is 2. The lowest BCUT2D eigenvalue weighted by molar-refractivity contribution is -0.158. The Hall–Kier alpha value is -0.790. The number of esters is 1. The molecule has 0 spiro atoms. The molecule has 0 heterocycles. The molecule has 0 aliphatic heterocycles. The fourth-order valence-corrected chi connectivity index (χ4v) is 2.94. The van der Waals surface area contributed by atoms with Crippen molar-refractivity contribution in [3.63, 3.8) is 0 Å². The molecule has 0 saturated heterocycles. The van der Waals surface area contributed by atoms with E-state index in [4.69, 9.17) is 4.74 Å². The lowest BCUT2D eigenvalue weighted by atomic mass is 9.70. The molecule has 0 aromatic carbocycles. The predicted octanol–water partition coefficient (Wildman–Crippen LogP) is 3.71. The van der Waals surface area contributed by atoms with Gasteiger partial charge in [-0.1, -0.05) is 33.3 Å². The number of ether oxygens (including phenoxy) is 1. The SMILES string of the molecule is C=CC(=O)OC1(C)CCC(CC)C(CC)C1. The van der Waals surface area contributed by atoms with Crippen molar-refractivity contribution in [2.45, 2.75) is 58.5 Å². The van der Waals surface area contributed by atoms with Gasteiger partial charge in [-0.2, -0.15) is 0 Å². The second-order valence-electron chi connectivity index (χ2n) is 5.15. The van der Waals surface area contributed by atoms with Gasteiger partial charge in [-0.25, -0.2) is 4.79 Å². The van der Waals surface area contributed by atoms with Crippen LogP contribution >= 0.6 is 0 Å². The van der Waals surface area contributed by atoms with E-state index in [9.17, 15) is 4.79 Å². The monoisotopic (exact) mass is 224 g/mol. The highest BCUT2D eigenvalue weighted by Crippen LogP contribution is 2.41. The van der Waals surface area contributed by atoms with E-state index in [1.165, 1.54) is 25.3 Å². The van der Waals surface area contributed by atoms with Gasteiger partial charge < -0.3 is 4.74 Å². The first-order valence-corrected chi connectivity index (χ1v) is 6.40. The zero-order chi connectivity index (χ0) is 12.2. The van der Waals surface area contributed by atoms with Gasteiger partial charge in [0.15, 0.2) is 0 Å². The van der Waals surface area contributed by atoms with Crippen LogP contribution in [-0.2, 0) is 9.53 Å². The molecule has 1 aliphatic carbocycles. The highest BCUT2D eigenvalue weighted by Gasteiger charge is 2.38. The molecule has 0 radical (unpaired) electrons. The maximum atomic E-state index is 11.3. The van der Waals surface area contributed by atoms with Gasteiger partial charge >= 0.3 is 5.97 Å². The number of carbonyl (C=O) groups excluding carboxylic acids is 1. The minimum atomic E-state index is -0.285. The second-order valence-corrected chi connectivity index (χ2v) is 5.15. The van der Waals surface area contributed by atoms with Crippen LogP contribution < -0.4 is 0 Å². The Bertz CT molecular complexity index is 259. The summed E-state index contributed by atoms with van der Waals surface area (Å²) in [7, 11) is 0. The van der Waals surface area contributed by atoms with Crippen molar-refractivity contribution in [2.75, 3.05) is 0 Å². The standard InChI is InChI=1S/C14H24O2/c1-5-11-8-9-14(4,10-12(11)6-2)16-13(15)7-3/h7,11-12H,3,5-6,8-10H2,1-2,4H3. The Morgan fingerprint density at radius 1 is 1.44 bits per heavy atom. The molecule has 1 saturated carbocycles. The summed E-state index contributed by atoms with van der Waals surface area (Å²) >= 11 is 0. The van der Waals surface area contributed by atoms with Crippen molar-refractivity contribution >= 4 is 5.97 Å². The van der Waals surface area contributed by atoms with E-state index in [2.05, 4.69) is 27.4 Å².